The van der Waals surface area contributed by atoms with Crippen molar-refractivity contribution in [2.24, 2.45) is 5.73 Å². The molecule has 0 radical (unpaired) electrons. The van der Waals surface area contributed by atoms with Crippen molar-refractivity contribution in [3.63, 3.8) is 0 Å². The average Bonchev–Trinajstić information content (AvgIpc) is 2.52. The highest BCUT2D eigenvalue weighted by atomic mass is 16.5. The summed E-state index contributed by atoms with van der Waals surface area (Å²) in [6.07, 6.45) is 0.723. The fourth-order valence-corrected chi connectivity index (χ4v) is 1.81. The number of benzene rings is 1. The van der Waals surface area contributed by atoms with E-state index in [9.17, 15) is 4.79 Å². The molecule has 118 valence electrons. The molecule has 6 heteroatoms. The van der Waals surface area contributed by atoms with Crippen molar-refractivity contribution < 1.29 is 19.0 Å². The molecule has 0 saturated heterocycles. The van der Waals surface area contributed by atoms with Crippen LogP contribution in [0.2, 0.25) is 0 Å². The van der Waals surface area contributed by atoms with Gasteiger partial charge in [-0.3, -0.25) is 4.79 Å². The molecule has 0 saturated carbocycles. The number of amides is 1. The summed E-state index contributed by atoms with van der Waals surface area (Å²) in [6, 6.07) is 7.38. The van der Waals surface area contributed by atoms with Crippen molar-refractivity contribution in [2.75, 3.05) is 52.0 Å². The second-order valence-corrected chi connectivity index (χ2v) is 4.43. The number of hydrogen-bond acceptors (Lipinski definition) is 5. The van der Waals surface area contributed by atoms with Crippen molar-refractivity contribution >= 4 is 11.6 Å². The molecule has 0 spiro atoms. The van der Waals surface area contributed by atoms with E-state index in [1.807, 2.05) is 24.3 Å². The summed E-state index contributed by atoms with van der Waals surface area (Å²) in [5, 5.41) is 0. The van der Waals surface area contributed by atoms with Gasteiger partial charge >= 0.3 is 0 Å². The van der Waals surface area contributed by atoms with Crippen LogP contribution >= 0.6 is 0 Å². The number of carbonyl (C=O) groups excluding carboxylic acids is 1. The lowest BCUT2D eigenvalue weighted by molar-refractivity contribution is -0.123. The van der Waals surface area contributed by atoms with Gasteiger partial charge in [-0.25, -0.2) is 0 Å². The van der Waals surface area contributed by atoms with Crippen LogP contribution < -0.4 is 15.4 Å². The van der Waals surface area contributed by atoms with Crippen LogP contribution in [0.1, 0.15) is 6.42 Å². The number of hydrogen-bond donors (Lipinski definition) is 1. The number of anilines is 1. The average molecular weight is 296 g/mol. The highest BCUT2D eigenvalue weighted by molar-refractivity contribution is 5.94. The Kier molecular flexibility index (Phi) is 8.42. The lowest BCUT2D eigenvalue weighted by Gasteiger charge is -2.23. The van der Waals surface area contributed by atoms with Crippen LogP contribution in [0.3, 0.4) is 0 Å². The van der Waals surface area contributed by atoms with E-state index in [1.165, 1.54) is 0 Å². The molecule has 0 heterocycles. The second kappa shape index (κ2) is 10.1. The summed E-state index contributed by atoms with van der Waals surface area (Å²) in [6.45, 7) is 1.96. The van der Waals surface area contributed by atoms with Crippen LogP contribution in [0.25, 0.3) is 0 Å². The van der Waals surface area contributed by atoms with Crippen LogP contribution in [0.15, 0.2) is 24.3 Å². The van der Waals surface area contributed by atoms with E-state index in [1.54, 1.807) is 19.1 Å². The van der Waals surface area contributed by atoms with Gasteiger partial charge in [0.2, 0.25) is 0 Å². The Labute approximate surface area is 125 Å². The molecule has 0 aliphatic rings. The van der Waals surface area contributed by atoms with Gasteiger partial charge in [-0.05, 0) is 25.1 Å². The first-order valence-electron chi connectivity index (χ1n) is 6.94. The zero-order valence-corrected chi connectivity index (χ0v) is 12.7. The molecule has 1 aromatic carbocycles. The molecule has 1 aromatic rings. The summed E-state index contributed by atoms with van der Waals surface area (Å²) in [5.74, 6) is 0.603. The maximum atomic E-state index is 12.3. The van der Waals surface area contributed by atoms with Gasteiger partial charge in [-0.2, -0.15) is 0 Å². The monoisotopic (exact) mass is 296 g/mol. The van der Waals surface area contributed by atoms with Gasteiger partial charge in [-0.15, -0.1) is 0 Å². The molecule has 0 aliphatic heterocycles. The molecule has 21 heavy (non-hydrogen) atoms. The normalized spacial score (nSPS) is 10.4. The number of nitrogens with two attached hydrogens (primary N) is 1. The summed E-state index contributed by atoms with van der Waals surface area (Å²) >= 11 is 0. The SMILES string of the molecule is COCCOCC(=O)N(CCCN)c1cccc(OC)c1. The number of methoxy groups -OCH3 is 2. The summed E-state index contributed by atoms with van der Waals surface area (Å²) in [5.41, 5.74) is 6.32. The van der Waals surface area contributed by atoms with Crippen LogP contribution in [0.4, 0.5) is 5.69 Å². The number of nitrogens with zero attached hydrogens (tertiary/aromatic N) is 1. The molecule has 1 amide bonds. The van der Waals surface area contributed by atoms with E-state index in [0.717, 1.165) is 12.1 Å². The Morgan fingerprint density at radius 2 is 2.10 bits per heavy atom. The van der Waals surface area contributed by atoms with Crippen molar-refractivity contribution in [3.05, 3.63) is 24.3 Å². The Hall–Kier alpha value is -1.63. The Morgan fingerprint density at radius 3 is 2.76 bits per heavy atom. The van der Waals surface area contributed by atoms with Crippen LogP contribution in [-0.2, 0) is 14.3 Å². The minimum Gasteiger partial charge on any atom is -0.497 e. The summed E-state index contributed by atoms with van der Waals surface area (Å²) in [7, 11) is 3.19. The molecule has 0 bridgehead atoms. The van der Waals surface area contributed by atoms with Crippen LogP contribution in [-0.4, -0.2) is 53.0 Å². The molecule has 0 fully saturated rings. The molecular formula is C15H24N2O4. The first-order chi connectivity index (χ1) is 10.2. The van der Waals surface area contributed by atoms with Gasteiger partial charge in [0, 0.05) is 25.4 Å². The quantitative estimate of drug-likeness (QED) is 0.653. The van der Waals surface area contributed by atoms with Gasteiger partial charge in [0.25, 0.3) is 5.91 Å². The van der Waals surface area contributed by atoms with E-state index in [0.29, 0.717) is 32.1 Å². The number of ether oxygens (including phenoxy) is 3. The third kappa shape index (κ3) is 6.12. The fourth-order valence-electron chi connectivity index (χ4n) is 1.81. The summed E-state index contributed by atoms with van der Waals surface area (Å²) in [4.78, 5) is 14.0. The van der Waals surface area contributed by atoms with Crippen molar-refractivity contribution in [1.29, 1.82) is 0 Å². The molecule has 0 aromatic heterocycles. The second-order valence-electron chi connectivity index (χ2n) is 4.43. The van der Waals surface area contributed by atoms with Gasteiger partial charge < -0.3 is 24.8 Å². The predicted molar refractivity (Wildman–Crippen MR) is 81.7 cm³/mol. The largest absolute Gasteiger partial charge is 0.497 e. The van der Waals surface area contributed by atoms with E-state index in [2.05, 4.69) is 0 Å². The van der Waals surface area contributed by atoms with Crippen molar-refractivity contribution in [2.45, 2.75) is 6.42 Å². The van der Waals surface area contributed by atoms with Gasteiger partial charge in [0.05, 0.1) is 20.3 Å². The van der Waals surface area contributed by atoms with E-state index >= 15 is 0 Å². The first-order valence-corrected chi connectivity index (χ1v) is 6.94. The molecule has 6 nitrogen and oxygen atoms in total. The highest BCUT2D eigenvalue weighted by Gasteiger charge is 2.16. The Morgan fingerprint density at radius 1 is 1.29 bits per heavy atom. The standard InChI is InChI=1S/C15H24N2O4/c1-19-9-10-21-12-15(18)17(8-4-7-16)13-5-3-6-14(11-13)20-2/h3,5-6,11H,4,7-10,12,16H2,1-2H3. The van der Waals surface area contributed by atoms with Gasteiger partial charge in [0.15, 0.2) is 0 Å². The first kappa shape index (κ1) is 17.4. The molecule has 1 rings (SSSR count). The third-order valence-corrected chi connectivity index (χ3v) is 2.91. The molecule has 0 atom stereocenters. The van der Waals surface area contributed by atoms with E-state index in [-0.39, 0.29) is 12.5 Å². The predicted octanol–water partition coefficient (Wildman–Crippen LogP) is 1.04. The minimum atomic E-state index is -0.104. The van der Waals surface area contributed by atoms with Crippen molar-refractivity contribution in [3.8, 4) is 5.75 Å². The Balaban J connectivity index is 2.71. The minimum absolute atomic E-state index is 0.0190. The van der Waals surface area contributed by atoms with E-state index in [4.69, 9.17) is 19.9 Å². The molecule has 0 aliphatic carbocycles. The highest BCUT2D eigenvalue weighted by Crippen LogP contribution is 2.21. The molecular weight excluding hydrogens is 272 g/mol. The maximum absolute atomic E-state index is 12.3. The summed E-state index contributed by atoms with van der Waals surface area (Å²) < 4.78 is 15.4. The number of carbonyl (C=O) groups is 1. The number of rotatable bonds is 10. The molecule has 2 N–H and O–H groups in total. The zero-order valence-electron chi connectivity index (χ0n) is 12.7. The lowest BCUT2D eigenvalue weighted by Crippen LogP contribution is -2.36. The van der Waals surface area contributed by atoms with Gasteiger partial charge in [-0.1, -0.05) is 6.07 Å². The fraction of sp³-hybridized carbons (Fsp3) is 0.533. The lowest BCUT2D eigenvalue weighted by atomic mass is 10.2. The van der Waals surface area contributed by atoms with E-state index < -0.39 is 0 Å². The molecule has 0 unspecified atom stereocenters. The Bertz CT molecular complexity index is 426. The van der Waals surface area contributed by atoms with Crippen LogP contribution in [0, 0.1) is 0 Å². The smallest absolute Gasteiger partial charge is 0.252 e. The van der Waals surface area contributed by atoms with Crippen LogP contribution in [0.5, 0.6) is 5.75 Å². The topological polar surface area (TPSA) is 74.0 Å². The third-order valence-electron chi connectivity index (χ3n) is 2.91. The maximum Gasteiger partial charge on any atom is 0.252 e. The zero-order chi connectivity index (χ0) is 15.5. The van der Waals surface area contributed by atoms with Crippen molar-refractivity contribution in [1.82, 2.24) is 0 Å². The van der Waals surface area contributed by atoms with Gasteiger partial charge in [0.1, 0.15) is 12.4 Å².